The molecule has 0 atom stereocenters. The van der Waals surface area contributed by atoms with Crippen LogP contribution in [0.1, 0.15) is 5.56 Å². The van der Waals surface area contributed by atoms with Crippen molar-refractivity contribution in [3.8, 4) is 0 Å². The molecule has 0 unspecified atom stereocenters. The Morgan fingerprint density at radius 3 is 2.26 bits per heavy atom. The number of guanidine groups is 1. The van der Waals surface area contributed by atoms with E-state index in [1.807, 2.05) is 42.5 Å². The maximum atomic E-state index is 6.53. The third-order valence-corrected chi connectivity index (χ3v) is 3.96. The van der Waals surface area contributed by atoms with Crippen LogP contribution in [0.3, 0.4) is 0 Å². The molecule has 0 bridgehead atoms. The topological polar surface area (TPSA) is 76.8 Å². The molecule has 7 heteroatoms. The molecular weight excluding hydrogens is 355 g/mol. The van der Waals surface area contributed by atoms with Crippen LogP contribution in [0.15, 0.2) is 52.7 Å². The third kappa shape index (κ3) is 3.34. The highest BCUT2D eigenvalue weighted by Gasteiger charge is 2.11. The van der Waals surface area contributed by atoms with Gasteiger partial charge < -0.3 is 11.5 Å². The van der Waals surface area contributed by atoms with Gasteiger partial charge in [0.25, 0.3) is 0 Å². The van der Waals surface area contributed by atoms with Crippen LogP contribution in [0.4, 0.5) is 0 Å². The van der Waals surface area contributed by atoms with Crippen molar-refractivity contribution in [1.82, 2.24) is 0 Å². The van der Waals surface area contributed by atoms with Crippen LogP contribution in [-0.2, 0) is 0 Å². The van der Waals surface area contributed by atoms with Crippen molar-refractivity contribution in [2.45, 2.75) is 0 Å². The van der Waals surface area contributed by atoms with Gasteiger partial charge in [-0.1, -0.05) is 53.5 Å². The molecule has 0 spiro atoms. The molecule has 0 amide bonds. The van der Waals surface area contributed by atoms with Gasteiger partial charge in [-0.15, -0.1) is 17.5 Å². The first-order valence-electron chi connectivity index (χ1n) is 6.49. The van der Waals surface area contributed by atoms with Crippen molar-refractivity contribution in [2.24, 2.45) is 21.7 Å². The molecule has 0 saturated carbocycles. The van der Waals surface area contributed by atoms with Crippen LogP contribution in [0.5, 0.6) is 0 Å². The van der Waals surface area contributed by atoms with Gasteiger partial charge in [-0.2, -0.15) is 5.10 Å². The molecule has 0 radical (unpaired) electrons. The Hall–Kier alpha value is -2.01. The lowest BCUT2D eigenvalue weighted by Crippen LogP contribution is -2.21. The fraction of sp³-hybridized carbons (Fsp3) is 0. The van der Waals surface area contributed by atoms with Crippen molar-refractivity contribution in [1.29, 1.82) is 0 Å². The molecule has 0 aromatic heterocycles. The second-order valence-electron chi connectivity index (χ2n) is 4.73. The van der Waals surface area contributed by atoms with E-state index in [2.05, 4.69) is 10.2 Å². The molecule has 3 aromatic rings. The fourth-order valence-corrected chi connectivity index (χ4v) is 2.92. The Morgan fingerprint density at radius 1 is 0.913 bits per heavy atom. The molecule has 0 aliphatic heterocycles. The molecule has 0 heterocycles. The largest absolute Gasteiger partial charge is 0.369 e. The number of fused-ring (bicyclic) bond motifs is 2. The van der Waals surface area contributed by atoms with Crippen LogP contribution in [0.25, 0.3) is 21.5 Å². The van der Waals surface area contributed by atoms with Crippen LogP contribution >= 0.6 is 35.6 Å². The predicted octanol–water partition coefficient (Wildman–Crippen LogP) is 4.33. The molecule has 4 nitrogen and oxygen atoms in total. The Morgan fingerprint density at radius 2 is 1.57 bits per heavy atom. The smallest absolute Gasteiger partial charge is 0.211 e. The van der Waals surface area contributed by atoms with Gasteiger partial charge in [-0.05, 0) is 22.9 Å². The Bertz CT molecular complexity index is 931. The van der Waals surface area contributed by atoms with E-state index in [9.17, 15) is 0 Å². The van der Waals surface area contributed by atoms with Crippen LogP contribution < -0.4 is 11.5 Å². The SMILES string of the molecule is Cl.NC(N)=N/N=C/c1c2ccccc2c(Cl)c2ccc(Cl)cc12. The van der Waals surface area contributed by atoms with Gasteiger partial charge in [0.2, 0.25) is 5.96 Å². The zero-order chi connectivity index (χ0) is 15.7. The van der Waals surface area contributed by atoms with Crippen LogP contribution in [0.2, 0.25) is 10.0 Å². The molecule has 3 aromatic carbocycles. The van der Waals surface area contributed by atoms with Gasteiger partial charge in [0, 0.05) is 21.4 Å². The molecule has 118 valence electrons. The third-order valence-electron chi connectivity index (χ3n) is 3.32. The zero-order valence-electron chi connectivity index (χ0n) is 11.8. The van der Waals surface area contributed by atoms with Gasteiger partial charge in [-0.3, -0.25) is 0 Å². The average Bonchev–Trinajstić information content (AvgIpc) is 2.50. The molecule has 0 saturated heterocycles. The van der Waals surface area contributed by atoms with Crippen LogP contribution in [-0.4, -0.2) is 12.2 Å². The maximum absolute atomic E-state index is 6.53. The van der Waals surface area contributed by atoms with E-state index in [-0.39, 0.29) is 18.4 Å². The number of rotatable bonds is 2. The van der Waals surface area contributed by atoms with Crippen molar-refractivity contribution in [2.75, 3.05) is 0 Å². The lowest BCUT2D eigenvalue weighted by atomic mass is 9.97. The summed E-state index contributed by atoms with van der Waals surface area (Å²) in [5.74, 6) is -0.100. The number of halogens is 3. The number of hydrogen-bond donors (Lipinski definition) is 2. The minimum absolute atomic E-state index is 0. The normalized spacial score (nSPS) is 10.9. The second-order valence-corrected chi connectivity index (χ2v) is 5.55. The summed E-state index contributed by atoms with van der Waals surface area (Å²) in [5, 5.41) is 12.6. The zero-order valence-corrected chi connectivity index (χ0v) is 14.2. The van der Waals surface area contributed by atoms with Crippen molar-refractivity contribution >= 4 is 69.3 Å². The predicted molar refractivity (Wildman–Crippen MR) is 102 cm³/mol. The van der Waals surface area contributed by atoms with E-state index in [4.69, 9.17) is 34.7 Å². The number of nitrogens with zero attached hydrogens (tertiary/aromatic N) is 2. The minimum atomic E-state index is -0.100. The van der Waals surface area contributed by atoms with Gasteiger partial charge in [-0.25, -0.2) is 0 Å². The van der Waals surface area contributed by atoms with Gasteiger partial charge in [0.05, 0.1) is 11.2 Å². The first kappa shape index (κ1) is 17.3. The summed E-state index contributed by atoms with van der Waals surface area (Å²) in [5.41, 5.74) is 11.5. The van der Waals surface area contributed by atoms with Crippen molar-refractivity contribution in [3.63, 3.8) is 0 Å². The molecular formula is C16H13Cl3N4. The number of hydrogen-bond acceptors (Lipinski definition) is 2. The summed E-state index contributed by atoms with van der Waals surface area (Å²) in [7, 11) is 0. The molecule has 23 heavy (non-hydrogen) atoms. The highest BCUT2D eigenvalue weighted by Crippen LogP contribution is 2.36. The number of benzene rings is 3. The summed E-state index contributed by atoms with van der Waals surface area (Å²) in [6, 6.07) is 13.4. The lowest BCUT2D eigenvalue weighted by Gasteiger charge is -2.10. The minimum Gasteiger partial charge on any atom is -0.369 e. The van der Waals surface area contributed by atoms with E-state index >= 15 is 0 Å². The highest BCUT2D eigenvalue weighted by molar-refractivity contribution is 6.42. The van der Waals surface area contributed by atoms with Crippen molar-refractivity contribution in [3.05, 3.63) is 58.1 Å². The fourth-order valence-electron chi connectivity index (χ4n) is 2.42. The summed E-state index contributed by atoms with van der Waals surface area (Å²) in [4.78, 5) is 0. The highest BCUT2D eigenvalue weighted by atomic mass is 35.5. The summed E-state index contributed by atoms with van der Waals surface area (Å²) in [6.45, 7) is 0. The molecule has 0 aliphatic carbocycles. The monoisotopic (exact) mass is 366 g/mol. The average molecular weight is 368 g/mol. The van der Waals surface area contributed by atoms with E-state index < -0.39 is 0 Å². The van der Waals surface area contributed by atoms with Crippen LogP contribution in [0, 0.1) is 0 Å². The Labute approximate surface area is 149 Å². The summed E-state index contributed by atoms with van der Waals surface area (Å²) >= 11 is 12.7. The van der Waals surface area contributed by atoms with E-state index in [0.29, 0.717) is 10.0 Å². The maximum Gasteiger partial charge on any atom is 0.211 e. The molecule has 0 fully saturated rings. The Balaban J connectivity index is 0.00000192. The standard InChI is InChI=1S/C16H12Cl2N4.ClH/c17-9-5-6-12-13(7-9)14(8-21-22-16(19)20)10-3-1-2-4-11(10)15(12)18;/h1-8H,(H4,19,20,22);1H/b21-8+;. The van der Waals surface area contributed by atoms with E-state index in [0.717, 1.165) is 27.1 Å². The van der Waals surface area contributed by atoms with E-state index in [1.165, 1.54) is 0 Å². The quantitative estimate of drug-likeness (QED) is 0.306. The summed E-state index contributed by atoms with van der Waals surface area (Å²) < 4.78 is 0. The Kier molecular flexibility index (Phi) is 5.31. The van der Waals surface area contributed by atoms with Crippen molar-refractivity contribution < 1.29 is 0 Å². The van der Waals surface area contributed by atoms with Gasteiger partial charge >= 0.3 is 0 Å². The van der Waals surface area contributed by atoms with Gasteiger partial charge in [0.1, 0.15) is 0 Å². The first-order valence-corrected chi connectivity index (χ1v) is 7.25. The number of nitrogens with two attached hydrogens (primary N) is 2. The molecule has 4 N–H and O–H groups in total. The summed E-state index contributed by atoms with van der Waals surface area (Å²) in [6.07, 6.45) is 1.61. The van der Waals surface area contributed by atoms with Gasteiger partial charge in [0.15, 0.2) is 0 Å². The molecule has 3 rings (SSSR count). The molecule has 0 aliphatic rings. The second kappa shape index (κ2) is 7.04. The van der Waals surface area contributed by atoms with E-state index in [1.54, 1.807) is 6.21 Å². The first-order chi connectivity index (χ1) is 10.6. The lowest BCUT2D eigenvalue weighted by molar-refractivity contribution is 1.22.